The van der Waals surface area contributed by atoms with E-state index in [0.29, 0.717) is 11.7 Å². The third-order valence-electron chi connectivity index (χ3n) is 4.14. The maximum Gasteiger partial charge on any atom is 0.111 e. The second-order valence-electron chi connectivity index (χ2n) is 7.08. The van der Waals surface area contributed by atoms with Crippen LogP contribution in [0.1, 0.15) is 48.5 Å². The van der Waals surface area contributed by atoms with Crippen molar-refractivity contribution in [1.82, 2.24) is 0 Å². The quantitative estimate of drug-likeness (QED) is 0.629. The van der Waals surface area contributed by atoms with Gasteiger partial charge in [-0.1, -0.05) is 54.5 Å². The minimum atomic E-state index is 0.0756. The molecule has 1 unspecified atom stereocenters. The molecule has 0 heterocycles. The van der Waals surface area contributed by atoms with E-state index in [1.165, 1.54) is 0 Å². The highest BCUT2D eigenvalue weighted by Gasteiger charge is 2.52. The molecule has 0 aromatic heterocycles. The molecule has 1 nitrogen and oxygen atoms in total. The molecule has 0 aromatic carbocycles. The highest BCUT2D eigenvalue weighted by atomic mass is 16.3. The summed E-state index contributed by atoms with van der Waals surface area (Å²) in [5.41, 5.74) is 0.406. The van der Waals surface area contributed by atoms with E-state index in [9.17, 15) is 5.11 Å². The molecular weight excluding hydrogens is 196 g/mol. The van der Waals surface area contributed by atoms with Gasteiger partial charge in [0, 0.05) is 5.41 Å². The Morgan fingerprint density at radius 3 is 1.81 bits per heavy atom. The van der Waals surface area contributed by atoms with Crippen LogP contribution >= 0.6 is 0 Å². The lowest BCUT2D eigenvalue weighted by atomic mass is 9.48. The molecule has 0 saturated heterocycles. The van der Waals surface area contributed by atoms with Crippen molar-refractivity contribution in [2.24, 2.45) is 22.2 Å². The predicted octanol–water partition coefficient (Wildman–Crippen LogP) is 4.71. The maximum atomic E-state index is 9.62. The van der Waals surface area contributed by atoms with Gasteiger partial charge >= 0.3 is 0 Å². The molecule has 0 bridgehead atoms. The predicted molar refractivity (Wildman–Crippen MR) is 70.4 cm³/mol. The van der Waals surface area contributed by atoms with E-state index in [2.05, 4.69) is 54.5 Å². The van der Waals surface area contributed by atoms with Crippen LogP contribution in [0.5, 0.6) is 0 Å². The molecule has 0 amide bonds. The number of aliphatic hydroxyl groups excluding tert-OH is 1. The van der Waals surface area contributed by atoms with Crippen molar-refractivity contribution in [3.05, 3.63) is 24.0 Å². The number of aliphatic hydroxyl groups is 1. The molecule has 1 rings (SSSR count). The second kappa shape index (κ2) is 3.65. The Kier molecular flexibility index (Phi) is 3.04. The molecule has 1 N–H and O–H groups in total. The summed E-state index contributed by atoms with van der Waals surface area (Å²) < 4.78 is 0. The number of hydrogen-bond acceptors (Lipinski definition) is 1. The van der Waals surface area contributed by atoms with Crippen molar-refractivity contribution < 1.29 is 5.11 Å². The molecule has 0 spiro atoms. The molecular formula is C15H26O. The van der Waals surface area contributed by atoms with Gasteiger partial charge in [0.2, 0.25) is 0 Å². The van der Waals surface area contributed by atoms with Crippen molar-refractivity contribution in [2.75, 3.05) is 0 Å². The molecule has 0 fully saturated rings. The summed E-state index contributed by atoms with van der Waals surface area (Å²) in [7, 11) is 0. The number of rotatable bonds is 0. The zero-order chi connectivity index (χ0) is 12.8. The normalized spacial score (nSPS) is 25.4. The van der Waals surface area contributed by atoms with Crippen LogP contribution < -0.4 is 0 Å². The summed E-state index contributed by atoms with van der Waals surface area (Å²) in [6, 6.07) is 0. The van der Waals surface area contributed by atoms with Crippen LogP contribution in [-0.4, -0.2) is 5.11 Å². The average molecular weight is 222 g/mol. The van der Waals surface area contributed by atoms with Crippen LogP contribution in [0.3, 0.4) is 0 Å². The van der Waals surface area contributed by atoms with Gasteiger partial charge in [-0.15, -0.1) is 0 Å². The van der Waals surface area contributed by atoms with Crippen molar-refractivity contribution >= 4 is 0 Å². The van der Waals surface area contributed by atoms with Gasteiger partial charge in [-0.25, -0.2) is 0 Å². The first-order chi connectivity index (χ1) is 7.02. The summed E-state index contributed by atoms with van der Waals surface area (Å²) in [6.07, 6.45) is 6.06. The fraction of sp³-hybridized carbons (Fsp3) is 0.733. The zero-order valence-electron chi connectivity index (χ0n) is 11.8. The van der Waals surface area contributed by atoms with E-state index in [1.807, 2.05) is 12.2 Å². The molecule has 0 aliphatic heterocycles. The fourth-order valence-electron chi connectivity index (χ4n) is 3.80. The minimum absolute atomic E-state index is 0.0756. The molecule has 0 saturated carbocycles. The Balaban J connectivity index is 3.36. The second-order valence-corrected chi connectivity index (χ2v) is 7.08. The summed E-state index contributed by atoms with van der Waals surface area (Å²) in [6.45, 7) is 15.9. The van der Waals surface area contributed by atoms with Gasteiger partial charge in [-0.05, 0) is 28.9 Å². The molecule has 1 atom stereocenters. The summed E-state index contributed by atoms with van der Waals surface area (Å²) >= 11 is 0. The van der Waals surface area contributed by atoms with Crippen LogP contribution in [0.15, 0.2) is 24.0 Å². The third kappa shape index (κ3) is 1.81. The standard InChI is InChI=1S/C15H26O/c1-11-10-12(16)8-9-15(11,13(2,3)4)14(5,6)7/h8-11,16H,1-7H3. The van der Waals surface area contributed by atoms with Gasteiger partial charge < -0.3 is 5.11 Å². The molecule has 1 aliphatic carbocycles. The Morgan fingerprint density at radius 1 is 1.06 bits per heavy atom. The topological polar surface area (TPSA) is 20.2 Å². The smallest absolute Gasteiger partial charge is 0.111 e. The Bertz CT molecular complexity index is 306. The van der Waals surface area contributed by atoms with Crippen molar-refractivity contribution in [3.63, 3.8) is 0 Å². The van der Waals surface area contributed by atoms with E-state index in [1.54, 1.807) is 0 Å². The van der Waals surface area contributed by atoms with E-state index in [-0.39, 0.29) is 16.2 Å². The summed E-state index contributed by atoms with van der Waals surface area (Å²) in [4.78, 5) is 0. The van der Waals surface area contributed by atoms with Gasteiger partial charge in [-0.2, -0.15) is 0 Å². The Morgan fingerprint density at radius 2 is 1.50 bits per heavy atom. The fourth-order valence-corrected chi connectivity index (χ4v) is 3.80. The van der Waals surface area contributed by atoms with Crippen LogP contribution in [0.2, 0.25) is 0 Å². The van der Waals surface area contributed by atoms with E-state index >= 15 is 0 Å². The monoisotopic (exact) mass is 222 g/mol. The largest absolute Gasteiger partial charge is 0.508 e. The lowest BCUT2D eigenvalue weighted by Gasteiger charge is -2.56. The van der Waals surface area contributed by atoms with Crippen molar-refractivity contribution in [3.8, 4) is 0 Å². The first kappa shape index (κ1) is 13.3. The summed E-state index contributed by atoms with van der Waals surface area (Å²) in [5.74, 6) is 0.745. The van der Waals surface area contributed by atoms with E-state index in [4.69, 9.17) is 0 Å². The first-order valence-corrected chi connectivity index (χ1v) is 6.12. The van der Waals surface area contributed by atoms with Crippen molar-refractivity contribution in [1.29, 1.82) is 0 Å². The third-order valence-corrected chi connectivity index (χ3v) is 4.14. The maximum absolute atomic E-state index is 9.62. The van der Waals surface area contributed by atoms with Gasteiger partial charge in [0.15, 0.2) is 0 Å². The molecule has 1 heteroatoms. The van der Waals surface area contributed by atoms with Crippen LogP contribution in [-0.2, 0) is 0 Å². The molecule has 1 aliphatic rings. The highest BCUT2D eigenvalue weighted by Crippen LogP contribution is 2.58. The molecule has 0 radical (unpaired) electrons. The lowest BCUT2D eigenvalue weighted by Crippen LogP contribution is -2.49. The number of hydrogen-bond donors (Lipinski definition) is 1. The molecule has 0 aromatic rings. The van der Waals surface area contributed by atoms with Crippen molar-refractivity contribution in [2.45, 2.75) is 48.5 Å². The molecule has 16 heavy (non-hydrogen) atoms. The van der Waals surface area contributed by atoms with Gasteiger partial charge in [-0.3, -0.25) is 0 Å². The lowest BCUT2D eigenvalue weighted by molar-refractivity contribution is -0.0193. The number of allylic oxidation sites excluding steroid dienone is 3. The van der Waals surface area contributed by atoms with Gasteiger partial charge in [0.25, 0.3) is 0 Å². The van der Waals surface area contributed by atoms with Crippen LogP contribution in [0.4, 0.5) is 0 Å². The van der Waals surface area contributed by atoms with E-state index < -0.39 is 0 Å². The Hall–Kier alpha value is -0.720. The molecule has 92 valence electrons. The first-order valence-electron chi connectivity index (χ1n) is 6.12. The van der Waals surface area contributed by atoms with E-state index in [0.717, 1.165) is 0 Å². The summed E-state index contributed by atoms with van der Waals surface area (Å²) in [5, 5.41) is 9.62. The van der Waals surface area contributed by atoms with Crippen LogP contribution in [0, 0.1) is 22.2 Å². The highest BCUT2D eigenvalue weighted by molar-refractivity contribution is 5.28. The average Bonchev–Trinajstić information content (AvgIpc) is 1.98. The minimum Gasteiger partial charge on any atom is -0.508 e. The SMILES string of the molecule is CC1C=C(O)C=CC1(C(C)(C)C)C(C)(C)C. The Labute approximate surface area is 100 Å². The van der Waals surface area contributed by atoms with Gasteiger partial charge in [0.05, 0.1) is 0 Å². The van der Waals surface area contributed by atoms with Gasteiger partial charge in [0.1, 0.15) is 5.76 Å². The van der Waals surface area contributed by atoms with Crippen LogP contribution in [0.25, 0.3) is 0 Å². The zero-order valence-corrected chi connectivity index (χ0v) is 11.8.